The molecule has 0 fully saturated rings. The lowest BCUT2D eigenvalue weighted by atomic mass is 10.0. The van der Waals surface area contributed by atoms with Crippen LogP contribution in [0.2, 0.25) is 0 Å². The Labute approximate surface area is 125 Å². The number of aromatic nitrogens is 2. The predicted octanol–water partition coefficient (Wildman–Crippen LogP) is 4.68. The number of aryl methyl sites for hydroxylation is 2. The highest BCUT2D eigenvalue weighted by Gasteiger charge is 2.20. The minimum absolute atomic E-state index is 0.873. The van der Waals surface area contributed by atoms with Crippen LogP contribution >= 0.6 is 0 Å². The molecule has 124 valence electrons. The fourth-order valence-electron chi connectivity index (χ4n) is 2.06. The fourth-order valence-corrected chi connectivity index (χ4v) is 2.06. The van der Waals surface area contributed by atoms with Gasteiger partial charge in [-0.1, -0.05) is 46.0 Å². The summed E-state index contributed by atoms with van der Waals surface area (Å²) in [7, 11) is -3.89. The maximum Gasteiger partial charge on any atom is 0.673 e. The number of aromatic amines is 1. The molecule has 0 radical (unpaired) electrons. The van der Waals surface area contributed by atoms with Gasteiger partial charge in [-0.3, -0.25) is 0 Å². The first-order chi connectivity index (χ1) is 9.70. The minimum Gasteiger partial charge on any atom is -0.418 e. The molecule has 1 heterocycles. The Bertz CT molecular complexity index is 358. The van der Waals surface area contributed by atoms with Gasteiger partial charge >= 0.3 is 7.25 Å². The SMILES string of the molecule is CC(C)CCCCCCCc1[nH]cc[n+]1C.F[B-](F)(F)F. The maximum atomic E-state index is 9.75. The van der Waals surface area contributed by atoms with Crippen LogP contribution in [0.1, 0.15) is 58.2 Å². The maximum absolute atomic E-state index is 9.75. The monoisotopic (exact) mass is 310 g/mol. The topological polar surface area (TPSA) is 19.7 Å². The van der Waals surface area contributed by atoms with Crippen molar-refractivity contribution in [2.75, 3.05) is 0 Å². The quantitative estimate of drug-likeness (QED) is 0.311. The third-order valence-electron chi connectivity index (χ3n) is 3.17. The Balaban J connectivity index is 0.000000690. The van der Waals surface area contributed by atoms with Gasteiger partial charge in [-0.15, -0.1) is 0 Å². The summed E-state index contributed by atoms with van der Waals surface area (Å²) in [6, 6.07) is 0. The number of imidazole rings is 1. The highest BCUT2D eigenvalue weighted by Crippen LogP contribution is 2.11. The average Bonchev–Trinajstić information content (AvgIpc) is 2.71. The number of nitrogens with one attached hydrogen (secondary N) is 1. The standard InChI is InChI=1S/C14H26N2.BF4/c1-13(2)9-7-5-4-6-8-10-14-15-11-12-16(14)3;2-1(3,4)5/h11-13H,4-10H2,1-3H3;/q;-1/p+1. The zero-order valence-corrected chi connectivity index (χ0v) is 13.2. The van der Waals surface area contributed by atoms with Crippen LogP contribution in [0, 0.1) is 5.92 Å². The number of unbranched alkanes of at least 4 members (excludes halogenated alkanes) is 4. The molecule has 21 heavy (non-hydrogen) atoms. The lowest BCUT2D eigenvalue weighted by Gasteiger charge is -2.03. The van der Waals surface area contributed by atoms with Crippen LogP contribution in [0.25, 0.3) is 0 Å². The Hall–Kier alpha value is -1.01. The van der Waals surface area contributed by atoms with Gasteiger partial charge < -0.3 is 17.3 Å². The zero-order valence-electron chi connectivity index (χ0n) is 13.2. The summed E-state index contributed by atoms with van der Waals surface area (Å²) in [5.41, 5.74) is 0. The predicted molar refractivity (Wildman–Crippen MR) is 78.4 cm³/mol. The molecule has 0 aliphatic heterocycles. The molecule has 2 nitrogen and oxygen atoms in total. The molecule has 0 atom stereocenters. The molecule has 0 aliphatic carbocycles. The van der Waals surface area contributed by atoms with E-state index in [9.17, 15) is 17.3 Å². The van der Waals surface area contributed by atoms with Gasteiger partial charge in [0.15, 0.2) is 0 Å². The number of nitrogens with zero attached hydrogens (tertiary/aromatic N) is 1. The summed E-state index contributed by atoms with van der Waals surface area (Å²) in [5, 5.41) is 0. The number of hydrogen-bond acceptors (Lipinski definition) is 0. The normalized spacial score (nSPS) is 11.4. The Kier molecular flexibility index (Phi) is 10.2. The van der Waals surface area contributed by atoms with E-state index >= 15 is 0 Å². The zero-order chi connectivity index (χ0) is 16.3. The van der Waals surface area contributed by atoms with Gasteiger partial charge in [-0.05, 0) is 12.3 Å². The summed E-state index contributed by atoms with van der Waals surface area (Å²) in [6.45, 7) is 4.62. The molecule has 1 aromatic rings. The average molecular weight is 310 g/mol. The smallest absolute Gasteiger partial charge is 0.418 e. The molecule has 7 heteroatoms. The van der Waals surface area contributed by atoms with Gasteiger partial charge in [0.25, 0.3) is 5.82 Å². The van der Waals surface area contributed by atoms with Crippen LogP contribution in [0.5, 0.6) is 0 Å². The van der Waals surface area contributed by atoms with Crippen LogP contribution < -0.4 is 4.57 Å². The van der Waals surface area contributed by atoms with Crippen molar-refractivity contribution < 1.29 is 21.8 Å². The highest BCUT2D eigenvalue weighted by molar-refractivity contribution is 6.50. The first-order valence-electron chi connectivity index (χ1n) is 7.59. The minimum atomic E-state index is -6.00. The Morgan fingerprint density at radius 2 is 1.57 bits per heavy atom. The van der Waals surface area contributed by atoms with E-state index in [0.717, 1.165) is 5.92 Å². The molecule has 1 aromatic heterocycles. The molecule has 0 aromatic carbocycles. The molecule has 0 bridgehead atoms. The number of rotatable bonds is 8. The summed E-state index contributed by atoms with van der Waals surface area (Å²) >= 11 is 0. The number of halogens is 4. The molecular weight excluding hydrogens is 283 g/mol. The summed E-state index contributed by atoms with van der Waals surface area (Å²) in [6.07, 6.45) is 13.6. The third-order valence-corrected chi connectivity index (χ3v) is 3.17. The fraction of sp³-hybridized carbons (Fsp3) is 0.786. The summed E-state index contributed by atoms with van der Waals surface area (Å²) in [5.74, 6) is 2.22. The molecule has 1 N–H and O–H groups in total. The summed E-state index contributed by atoms with van der Waals surface area (Å²) in [4.78, 5) is 3.29. The van der Waals surface area contributed by atoms with E-state index in [4.69, 9.17) is 0 Å². The molecule has 0 aliphatic rings. The largest absolute Gasteiger partial charge is 0.673 e. The molecule has 0 saturated carbocycles. The second-order valence-electron chi connectivity index (χ2n) is 5.71. The van der Waals surface area contributed by atoms with Crippen LogP contribution in [0.4, 0.5) is 17.3 Å². The lowest BCUT2D eigenvalue weighted by Crippen LogP contribution is -2.30. The molecule has 0 unspecified atom stereocenters. The van der Waals surface area contributed by atoms with Crippen LogP contribution in [-0.4, -0.2) is 12.2 Å². The van der Waals surface area contributed by atoms with E-state index in [-0.39, 0.29) is 0 Å². The van der Waals surface area contributed by atoms with Crippen molar-refractivity contribution in [1.29, 1.82) is 0 Å². The van der Waals surface area contributed by atoms with E-state index in [1.165, 1.54) is 50.8 Å². The van der Waals surface area contributed by atoms with E-state index in [1.54, 1.807) is 0 Å². The van der Waals surface area contributed by atoms with Crippen molar-refractivity contribution in [3.63, 3.8) is 0 Å². The van der Waals surface area contributed by atoms with Gasteiger partial charge in [-0.25, -0.2) is 9.55 Å². The molecule has 0 amide bonds. The van der Waals surface area contributed by atoms with Gasteiger partial charge in [0.05, 0.1) is 7.05 Å². The molecular formula is C14H27BF4N2. The Morgan fingerprint density at radius 3 is 2.05 bits per heavy atom. The van der Waals surface area contributed by atoms with Crippen LogP contribution in [0.3, 0.4) is 0 Å². The van der Waals surface area contributed by atoms with Crippen molar-refractivity contribution >= 4 is 7.25 Å². The van der Waals surface area contributed by atoms with Gasteiger partial charge in [0.2, 0.25) is 0 Å². The van der Waals surface area contributed by atoms with E-state index in [1.807, 2.05) is 6.20 Å². The third kappa shape index (κ3) is 15.2. The van der Waals surface area contributed by atoms with Crippen LogP contribution in [-0.2, 0) is 13.5 Å². The van der Waals surface area contributed by atoms with Crippen molar-refractivity contribution in [2.45, 2.75) is 58.8 Å². The molecule has 0 spiro atoms. The van der Waals surface area contributed by atoms with Crippen molar-refractivity contribution in [2.24, 2.45) is 13.0 Å². The van der Waals surface area contributed by atoms with E-state index < -0.39 is 7.25 Å². The van der Waals surface area contributed by atoms with Crippen molar-refractivity contribution in [3.8, 4) is 0 Å². The number of hydrogen-bond donors (Lipinski definition) is 1. The Morgan fingerprint density at radius 1 is 1.05 bits per heavy atom. The van der Waals surface area contributed by atoms with E-state index in [2.05, 4.69) is 36.6 Å². The van der Waals surface area contributed by atoms with Gasteiger partial charge in [0.1, 0.15) is 12.4 Å². The highest BCUT2D eigenvalue weighted by atomic mass is 19.5. The molecule has 0 saturated heterocycles. The second kappa shape index (κ2) is 10.7. The van der Waals surface area contributed by atoms with Crippen molar-refractivity contribution in [1.82, 2.24) is 4.98 Å². The first-order valence-corrected chi connectivity index (χ1v) is 7.59. The first kappa shape index (κ1) is 20.0. The van der Waals surface area contributed by atoms with Crippen molar-refractivity contribution in [3.05, 3.63) is 18.2 Å². The van der Waals surface area contributed by atoms with Crippen LogP contribution in [0.15, 0.2) is 12.4 Å². The molecule has 1 rings (SSSR count). The second-order valence-corrected chi connectivity index (χ2v) is 5.71. The lowest BCUT2D eigenvalue weighted by molar-refractivity contribution is -0.677. The van der Waals surface area contributed by atoms with E-state index in [0.29, 0.717) is 0 Å². The summed E-state index contributed by atoms with van der Waals surface area (Å²) < 4.78 is 41.2. The number of H-pyrrole nitrogens is 1. The van der Waals surface area contributed by atoms with Gasteiger partial charge in [-0.2, -0.15) is 0 Å². The van der Waals surface area contributed by atoms with Gasteiger partial charge in [0, 0.05) is 6.42 Å².